The predicted octanol–water partition coefficient (Wildman–Crippen LogP) is 4.59. The number of hydrogen-bond acceptors (Lipinski definition) is 6. The summed E-state index contributed by atoms with van der Waals surface area (Å²) in [6.45, 7) is 5.18. The third-order valence-electron chi connectivity index (χ3n) is 5.25. The lowest BCUT2D eigenvalue weighted by Crippen LogP contribution is -2.34. The smallest absolute Gasteiger partial charge is 0.246 e. The molecule has 0 spiro atoms. The Kier molecular flexibility index (Phi) is 6.46. The van der Waals surface area contributed by atoms with E-state index in [1.807, 2.05) is 42.3 Å². The SMILES string of the molecule is CCN(C)CC=CC(=O)N1CCc2c(sc3ncnc(Nc4cccc(Br)c4)c23)C1. The average molecular weight is 486 g/mol. The molecule has 8 heteroatoms. The molecule has 1 amide bonds. The normalized spacial score (nSPS) is 13.9. The fourth-order valence-electron chi connectivity index (χ4n) is 3.48. The molecule has 1 N–H and O–H groups in total. The third-order valence-corrected chi connectivity index (χ3v) is 6.87. The van der Waals surface area contributed by atoms with E-state index in [9.17, 15) is 4.79 Å². The highest BCUT2D eigenvalue weighted by Crippen LogP contribution is 2.38. The van der Waals surface area contributed by atoms with Crippen LogP contribution < -0.4 is 5.32 Å². The van der Waals surface area contributed by atoms with Gasteiger partial charge in [-0.15, -0.1) is 11.3 Å². The first-order valence-electron chi connectivity index (χ1n) is 9.97. The van der Waals surface area contributed by atoms with E-state index in [4.69, 9.17) is 0 Å². The van der Waals surface area contributed by atoms with Gasteiger partial charge in [-0.2, -0.15) is 0 Å². The molecule has 3 aromatic rings. The lowest BCUT2D eigenvalue weighted by molar-refractivity contribution is -0.126. The maximum Gasteiger partial charge on any atom is 0.246 e. The summed E-state index contributed by atoms with van der Waals surface area (Å²) in [6.07, 6.45) is 6.05. The van der Waals surface area contributed by atoms with Gasteiger partial charge in [-0.3, -0.25) is 4.79 Å². The Labute approximate surface area is 188 Å². The van der Waals surface area contributed by atoms with Gasteiger partial charge in [0, 0.05) is 34.2 Å². The molecule has 0 radical (unpaired) electrons. The molecule has 4 rings (SSSR count). The molecular weight excluding hydrogens is 462 g/mol. The van der Waals surface area contributed by atoms with Gasteiger partial charge < -0.3 is 15.1 Å². The summed E-state index contributed by atoms with van der Waals surface area (Å²) < 4.78 is 1.01. The number of aromatic nitrogens is 2. The molecule has 0 unspecified atom stereocenters. The van der Waals surface area contributed by atoms with E-state index in [-0.39, 0.29) is 5.91 Å². The summed E-state index contributed by atoms with van der Waals surface area (Å²) >= 11 is 5.17. The van der Waals surface area contributed by atoms with Crippen LogP contribution in [0.2, 0.25) is 0 Å². The Bertz CT molecular complexity index is 1100. The molecule has 0 aliphatic carbocycles. The van der Waals surface area contributed by atoms with Crippen LogP contribution >= 0.6 is 27.3 Å². The van der Waals surface area contributed by atoms with Crippen molar-refractivity contribution >= 4 is 54.9 Å². The molecule has 0 fully saturated rings. The Morgan fingerprint density at radius 1 is 1.40 bits per heavy atom. The molecule has 6 nitrogen and oxygen atoms in total. The van der Waals surface area contributed by atoms with Crippen molar-refractivity contribution in [2.45, 2.75) is 19.9 Å². The van der Waals surface area contributed by atoms with Crippen LogP contribution in [0.1, 0.15) is 17.4 Å². The number of hydrogen-bond donors (Lipinski definition) is 1. The second-order valence-corrected chi connectivity index (χ2v) is 9.31. The number of anilines is 2. The zero-order chi connectivity index (χ0) is 21.1. The van der Waals surface area contributed by atoms with Crippen LogP contribution in [0.4, 0.5) is 11.5 Å². The molecule has 1 aliphatic heterocycles. The molecular formula is C22H24BrN5OS. The zero-order valence-corrected chi connectivity index (χ0v) is 19.5. The van der Waals surface area contributed by atoms with E-state index < -0.39 is 0 Å². The highest BCUT2D eigenvalue weighted by atomic mass is 79.9. The topological polar surface area (TPSA) is 61.4 Å². The predicted molar refractivity (Wildman–Crippen MR) is 126 cm³/mol. The Balaban J connectivity index is 1.55. The van der Waals surface area contributed by atoms with Crippen molar-refractivity contribution in [2.24, 2.45) is 0 Å². The first-order chi connectivity index (χ1) is 14.5. The van der Waals surface area contributed by atoms with Crippen molar-refractivity contribution in [1.82, 2.24) is 19.8 Å². The van der Waals surface area contributed by atoms with Gasteiger partial charge in [0.25, 0.3) is 0 Å². The van der Waals surface area contributed by atoms with Gasteiger partial charge in [-0.1, -0.05) is 35.0 Å². The van der Waals surface area contributed by atoms with E-state index in [1.165, 1.54) is 10.4 Å². The summed E-state index contributed by atoms with van der Waals surface area (Å²) in [5.41, 5.74) is 2.23. The van der Waals surface area contributed by atoms with Crippen LogP contribution in [-0.4, -0.2) is 52.4 Å². The molecule has 0 bridgehead atoms. The molecule has 1 aromatic carbocycles. The van der Waals surface area contributed by atoms with Gasteiger partial charge in [0.1, 0.15) is 17.0 Å². The second kappa shape index (κ2) is 9.24. The van der Waals surface area contributed by atoms with Crippen LogP contribution in [-0.2, 0) is 17.8 Å². The maximum absolute atomic E-state index is 12.6. The van der Waals surface area contributed by atoms with Crippen LogP contribution in [0, 0.1) is 0 Å². The summed E-state index contributed by atoms with van der Waals surface area (Å²) in [5, 5.41) is 4.50. The molecule has 0 saturated carbocycles. The van der Waals surface area contributed by atoms with Crippen molar-refractivity contribution < 1.29 is 4.79 Å². The minimum absolute atomic E-state index is 0.0705. The molecule has 30 heavy (non-hydrogen) atoms. The number of carbonyl (C=O) groups excluding carboxylic acids is 1. The Morgan fingerprint density at radius 2 is 2.27 bits per heavy atom. The summed E-state index contributed by atoms with van der Waals surface area (Å²) in [4.78, 5) is 27.8. The number of fused-ring (bicyclic) bond motifs is 3. The van der Waals surface area contributed by atoms with Crippen LogP contribution in [0.15, 0.2) is 47.2 Å². The first kappa shape index (κ1) is 21.0. The number of halogens is 1. The molecule has 156 valence electrons. The van der Waals surface area contributed by atoms with Crippen LogP contribution in [0.5, 0.6) is 0 Å². The number of nitrogens with zero attached hydrogens (tertiary/aromatic N) is 4. The van der Waals surface area contributed by atoms with Crippen LogP contribution in [0.3, 0.4) is 0 Å². The number of likely N-dealkylation sites (N-methyl/N-ethyl adjacent to an activating group) is 1. The largest absolute Gasteiger partial charge is 0.340 e. The van der Waals surface area contributed by atoms with Crippen LogP contribution in [0.25, 0.3) is 10.2 Å². The minimum Gasteiger partial charge on any atom is -0.340 e. The van der Waals surface area contributed by atoms with Crippen molar-refractivity contribution in [2.75, 3.05) is 32.0 Å². The van der Waals surface area contributed by atoms with Gasteiger partial charge in [0.05, 0.1) is 11.9 Å². The monoisotopic (exact) mass is 485 g/mol. The average Bonchev–Trinajstić information content (AvgIpc) is 3.12. The van der Waals surface area contributed by atoms with Gasteiger partial charge in [-0.25, -0.2) is 9.97 Å². The van der Waals surface area contributed by atoms with E-state index in [2.05, 4.69) is 43.0 Å². The van der Waals surface area contributed by atoms with E-state index in [0.717, 1.165) is 45.7 Å². The van der Waals surface area contributed by atoms with E-state index in [0.29, 0.717) is 13.1 Å². The number of carbonyl (C=O) groups is 1. The minimum atomic E-state index is 0.0705. The van der Waals surface area contributed by atoms with Crippen molar-refractivity contribution in [3.05, 3.63) is 57.7 Å². The van der Waals surface area contributed by atoms with Gasteiger partial charge in [0.15, 0.2) is 0 Å². The zero-order valence-electron chi connectivity index (χ0n) is 17.1. The summed E-state index contributed by atoms with van der Waals surface area (Å²) in [5.74, 6) is 0.888. The van der Waals surface area contributed by atoms with Gasteiger partial charge >= 0.3 is 0 Å². The molecule has 0 saturated heterocycles. The van der Waals surface area contributed by atoms with E-state index >= 15 is 0 Å². The number of rotatable bonds is 6. The standard InChI is InChI=1S/C22H24BrN5OS/c1-3-27(2)10-5-8-19(29)28-11-9-17-18(13-28)30-22-20(17)21(24-14-25-22)26-16-7-4-6-15(23)12-16/h4-8,12,14H,3,9-11,13H2,1-2H3,(H,24,25,26). The molecule has 0 atom stereocenters. The highest BCUT2D eigenvalue weighted by molar-refractivity contribution is 9.10. The number of amides is 1. The third kappa shape index (κ3) is 4.55. The fraction of sp³-hybridized carbons (Fsp3) is 0.318. The molecule has 1 aliphatic rings. The number of benzene rings is 1. The first-order valence-corrected chi connectivity index (χ1v) is 11.6. The van der Waals surface area contributed by atoms with Crippen molar-refractivity contribution in [3.63, 3.8) is 0 Å². The van der Waals surface area contributed by atoms with Gasteiger partial charge in [-0.05, 0) is 43.8 Å². The second-order valence-electron chi connectivity index (χ2n) is 7.31. The lowest BCUT2D eigenvalue weighted by Gasteiger charge is -2.26. The van der Waals surface area contributed by atoms with Crippen molar-refractivity contribution in [3.8, 4) is 0 Å². The number of thiophene rings is 1. The van der Waals surface area contributed by atoms with E-state index in [1.54, 1.807) is 23.7 Å². The quantitative estimate of drug-likeness (QED) is 0.517. The summed E-state index contributed by atoms with van der Waals surface area (Å²) in [7, 11) is 2.04. The summed E-state index contributed by atoms with van der Waals surface area (Å²) in [6, 6.07) is 8.02. The maximum atomic E-state index is 12.6. The Hall–Kier alpha value is -2.29. The number of nitrogens with one attached hydrogen (secondary N) is 1. The fourth-order valence-corrected chi connectivity index (χ4v) is 5.08. The highest BCUT2D eigenvalue weighted by Gasteiger charge is 2.25. The molecule has 2 aromatic heterocycles. The lowest BCUT2D eigenvalue weighted by atomic mass is 10.0. The molecule has 3 heterocycles. The van der Waals surface area contributed by atoms with Crippen molar-refractivity contribution in [1.29, 1.82) is 0 Å². The Morgan fingerprint density at radius 3 is 3.07 bits per heavy atom. The van der Waals surface area contributed by atoms with Gasteiger partial charge in [0.2, 0.25) is 5.91 Å².